The van der Waals surface area contributed by atoms with Crippen LogP contribution in [0.15, 0.2) is 162 Å². The zero-order valence-electron chi connectivity index (χ0n) is 25.7. The number of hydrogen-bond donors (Lipinski definition) is 0. The van der Waals surface area contributed by atoms with Crippen molar-refractivity contribution in [1.82, 2.24) is 9.97 Å². The summed E-state index contributed by atoms with van der Waals surface area (Å²) >= 11 is 1.75. The maximum absolute atomic E-state index is 6.47. The smallest absolute Gasteiger partial charge is 0.161 e. The molecule has 3 heterocycles. The van der Waals surface area contributed by atoms with Crippen LogP contribution in [0, 0.1) is 0 Å². The second-order valence-corrected chi connectivity index (χ2v) is 13.2. The van der Waals surface area contributed by atoms with Crippen LogP contribution in [0.4, 0.5) is 0 Å². The summed E-state index contributed by atoms with van der Waals surface area (Å²) in [4.78, 5) is 10.6. The minimum absolute atomic E-state index is 0.696. The van der Waals surface area contributed by atoms with Crippen molar-refractivity contribution in [1.29, 1.82) is 0 Å². The third-order valence-corrected chi connectivity index (χ3v) is 10.5. The van der Waals surface area contributed by atoms with Gasteiger partial charge in [-0.25, -0.2) is 9.97 Å². The van der Waals surface area contributed by atoms with Crippen molar-refractivity contribution >= 4 is 64.4 Å². The van der Waals surface area contributed by atoms with Gasteiger partial charge in [-0.3, -0.25) is 0 Å². The molecule has 0 unspecified atom stereocenters. The Kier molecular flexibility index (Phi) is 6.05. The number of aromatic nitrogens is 2. The number of thiophene rings is 1. The fourth-order valence-electron chi connectivity index (χ4n) is 7.10. The predicted molar refractivity (Wildman–Crippen MR) is 201 cm³/mol. The summed E-state index contributed by atoms with van der Waals surface area (Å²) in [6.07, 6.45) is 0. The molecule has 10 aromatic rings. The van der Waals surface area contributed by atoms with Gasteiger partial charge in [-0.05, 0) is 57.3 Å². The first-order chi connectivity index (χ1) is 23.8. The lowest BCUT2D eigenvalue weighted by atomic mass is 9.91. The van der Waals surface area contributed by atoms with Gasteiger partial charge in [0.1, 0.15) is 11.2 Å². The molecule has 224 valence electrons. The van der Waals surface area contributed by atoms with Crippen molar-refractivity contribution in [3.05, 3.63) is 158 Å². The maximum atomic E-state index is 6.47. The Balaban J connectivity index is 1.21. The van der Waals surface area contributed by atoms with Gasteiger partial charge in [-0.2, -0.15) is 0 Å². The Morgan fingerprint density at radius 3 is 1.88 bits per heavy atom. The molecule has 4 heteroatoms. The fraction of sp³-hybridized carbons (Fsp3) is 0. The summed E-state index contributed by atoms with van der Waals surface area (Å²) in [6.45, 7) is 0. The first-order valence-corrected chi connectivity index (χ1v) is 16.9. The second-order valence-electron chi connectivity index (χ2n) is 12.1. The molecular weight excluding hydrogens is 605 g/mol. The maximum Gasteiger partial charge on any atom is 0.161 e. The van der Waals surface area contributed by atoms with Gasteiger partial charge in [0.05, 0.1) is 15.9 Å². The molecule has 48 heavy (non-hydrogen) atoms. The largest absolute Gasteiger partial charge is 0.456 e. The lowest BCUT2D eigenvalue weighted by molar-refractivity contribution is 0.669. The summed E-state index contributed by atoms with van der Waals surface area (Å²) < 4.78 is 8.78. The van der Waals surface area contributed by atoms with Gasteiger partial charge in [-0.15, -0.1) is 11.3 Å². The highest BCUT2D eigenvalue weighted by atomic mass is 32.1. The quantitative estimate of drug-likeness (QED) is 0.194. The topological polar surface area (TPSA) is 38.9 Å². The highest BCUT2D eigenvalue weighted by molar-refractivity contribution is 7.26. The Labute approximate surface area is 280 Å². The van der Waals surface area contributed by atoms with Crippen LogP contribution < -0.4 is 0 Å². The molecule has 0 bridgehead atoms. The zero-order valence-corrected chi connectivity index (χ0v) is 26.5. The summed E-state index contributed by atoms with van der Waals surface area (Å²) in [5.74, 6) is 0.696. The van der Waals surface area contributed by atoms with E-state index >= 15 is 0 Å². The molecule has 0 N–H and O–H groups in total. The van der Waals surface area contributed by atoms with E-state index in [1.807, 2.05) is 18.2 Å². The molecule has 10 rings (SSSR count). The SMILES string of the molecule is c1ccc(-c2ccc(-c3ccc4oc5cccc(-c6nc(-c7ccccc7)c7sc8ccccc8c7n6)c5c4c3)c3ccccc23)cc1. The predicted octanol–water partition coefficient (Wildman–Crippen LogP) is 12.6. The normalized spacial score (nSPS) is 11.8. The van der Waals surface area contributed by atoms with E-state index in [1.54, 1.807) is 11.3 Å². The summed E-state index contributed by atoms with van der Waals surface area (Å²) in [5.41, 5.74) is 10.4. The molecule has 7 aromatic carbocycles. The number of nitrogens with zero attached hydrogens (tertiary/aromatic N) is 2. The number of furan rings is 1. The van der Waals surface area contributed by atoms with Crippen molar-refractivity contribution < 1.29 is 4.42 Å². The molecule has 0 saturated carbocycles. The average Bonchev–Trinajstić information content (AvgIpc) is 3.73. The van der Waals surface area contributed by atoms with Crippen molar-refractivity contribution in [2.45, 2.75) is 0 Å². The average molecular weight is 631 g/mol. The third kappa shape index (κ3) is 4.20. The van der Waals surface area contributed by atoms with Crippen molar-refractivity contribution in [2.75, 3.05) is 0 Å². The first kappa shape index (κ1) is 27.1. The van der Waals surface area contributed by atoms with Crippen LogP contribution in [-0.4, -0.2) is 9.97 Å². The van der Waals surface area contributed by atoms with Crippen molar-refractivity contribution in [3.63, 3.8) is 0 Å². The fourth-order valence-corrected chi connectivity index (χ4v) is 8.26. The van der Waals surface area contributed by atoms with E-state index in [-0.39, 0.29) is 0 Å². The van der Waals surface area contributed by atoms with Gasteiger partial charge in [0.2, 0.25) is 0 Å². The molecule has 0 atom stereocenters. The lowest BCUT2D eigenvalue weighted by Crippen LogP contribution is -1.94. The molecule has 0 aliphatic carbocycles. The van der Waals surface area contributed by atoms with E-state index in [0.717, 1.165) is 59.9 Å². The Morgan fingerprint density at radius 1 is 0.438 bits per heavy atom. The second kappa shape index (κ2) is 10.7. The van der Waals surface area contributed by atoms with Crippen LogP contribution in [-0.2, 0) is 0 Å². The van der Waals surface area contributed by atoms with E-state index in [4.69, 9.17) is 14.4 Å². The van der Waals surface area contributed by atoms with Gasteiger partial charge < -0.3 is 4.42 Å². The molecule has 3 aromatic heterocycles. The molecule has 0 amide bonds. The van der Waals surface area contributed by atoms with Crippen LogP contribution in [0.25, 0.3) is 97.9 Å². The number of rotatable bonds is 4. The summed E-state index contributed by atoms with van der Waals surface area (Å²) in [5, 5.41) is 5.68. The number of fused-ring (bicyclic) bond motifs is 7. The van der Waals surface area contributed by atoms with E-state index in [0.29, 0.717) is 5.82 Å². The van der Waals surface area contributed by atoms with Crippen LogP contribution in [0.3, 0.4) is 0 Å². The van der Waals surface area contributed by atoms with Crippen LogP contribution in [0.2, 0.25) is 0 Å². The summed E-state index contributed by atoms with van der Waals surface area (Å²) in [7, 11) is 0. The minimum atomic E-state index is 0.696. The first-order valence-electron chi connectivity index (χ1n) is 16.1. The van der Waals surface area contributed by atoms with E-state index in [1.165, 1.54) is 32.2 Å². The third-order valence-electron chi connectivity index (χ3n) is 9.32. The van der Waals surface area contributed by atoms with Crippen LogP contribution in [0.1, 0.15) is 0 Å². The van der Waals surface area contributed by atoms with Gasteiger partial charge in [0.25, 0.3) is 0 Å². The lowest BCUT2D eigenvalue weighted by Gasteiger charge is -2.12. The van der Waals surface area contributed by atoms with Gasteiger partial charge in [0.15, 0.2) is 5.82 Å². The van der Waals surface area contributed by atoms with Crippen molar-refractivity contribution in [3.8, 4) is 44.9 Å². The van der Waals surface area contributed by atoms with Gasteiger partial charge >= 0.3 is 0 Å². The minimum Gasteiger partial charge on any atom is -0.456 e. The number of hydrogen-bond acceptors (Lipinski definition) is 4. The van der Waals surface area contributed by atoms with Crippen LogP contribution >= 0.6 is 11.3 Å². The van der Waals surface area contributed by atoms with E-state index in [2.05, 4.69) is 140 Å². The molecular formula is C44H26N2OS. The Hall–Kier alpha value is -6.10. The van der Waals surface area contributed by atoms with Gasteiger partial charge in [-0.1, -0.05) is 133 Å². The summed E-state index contributed by atoms with van der Waals surface area (Å²) in [6, 6.07) is 55.5. The van der Waals surface area contributed by atoms with E-state index < -0.39 is 0 Å². The molecule has 0 saturated heterocycles. The Morgan fingerprint density at radius 2 is 1.10 bits per heavy atom. The van der Waals surface area contributed by atoms with Crippen molar-refractivity contribution in [2.24, 2.45) is 0 Å². The molecule has 0 aliphatic rings. The monoisotopic (exact) mass is 630 g/mol. The highest BCUT2D eigenvalue weighted by Crippen LogP contribution is 2.43. The molecule has 3 nitrogen and oxygen atoms in total. The molecule has 0 aliphatic heterocycles. The van der Waals surface area contributed by atoms with Crippen LogP contribution in [0.5, 0.6) is 0 Å². The molecule has 0 radical (unpaired) electrons. The zero-order chi connectivity index (χ0) is 31.6. The highest BCUT2D eigenvalue weighted by Gasteiger charge is 2.20. The van der Waals surface area contributed by atoms with Gasteiger partial charge in [0, 0.05) is 32.0 Å². The number of benzene rings is 7. The molecule has 0 spiro atoms. The van der Waals surface area contributed by atoms with E-state index in [9.17, 15) is 0 Å². The molecule has 0 fully saturated rings. The standard InChI is InChI=1S/C44H26N2OS/c1-3-12-27(13-4-1)30-23-24-31(33-17-8-7-16-32(30)33)29-22-25-37-36(26-29)40-35(19-11-20-38(40)47-37)44-45-41(28-14-5-2-6-15-28)43-42(46-44)34-18-9-10-21-39(34)48-43/h1-26H. The Bertz CT molecular complexity index is 2830.